The van der Waals surface area contributed by atoms with E-state index >= 15 is 0 Å². The predicted molar refractivity (Wildman–Crippen MR) is 64.8 cm³/mol. The molecule has 0 atom stereocenters. The van der Waals surface area contributed by atoms with Crippen LogP contribution >= 0.6 is 0 Å². The Bertz CT molecular complexity index is 463. The standard InChI is InChI=1S/C13H16N2O2/c1-10-7-12(15-17-10)9-14-8-11-3-5-13(16-2)6-4-11/h3-7,14H,8-9H2,1-2H3. The Kier molecular flexibility index (Phi) is 3.77. The van der Waals surface area contributed by atoms with Crippen LogP contribution in [0.5, 0.6) is 5.75 Å². The Morgan fingerprint density at radius 3 is 2.59 bits per heavy atom. The van der Waals surface area contributed by atoms with Crippen molar-refractivity contribution in [3.63, 3.8) is 0 Å². The summed E-state index contributed by atoms with van der Waals surface area (Å²) in [6.07, 6.45) is 0. The Morgan fingerprint density at radius 1 is 1.24 bits per heavy atom. The van der Waals surface area contributed by atoms with E-state index in [2.05, 4.69) is 10.5 Å². The van der Waals surface area contributed by atoms with Gasteiger partial charge in [-0.1, -0.05) is 17.3 Å². The third kappa shape index (κ3) is 3.32. The molecular weight excluding hydrogens is 216 g/mol. The monoisotopic (exact) mass is 232 g/mol. The molecule has 0 aliphatic rings. The predicted octanol–water partition coefficient (Wildman–Crippen LogP) is 2.28. The minimum Gasteiger partial charge on any atom is -0.497 e. The zero-order valence-corrected chi connectivity index (χ0v) is 10.1. The fourth-order valence-corrected chi connectivity index (χ4v) is 1.58. The van der Waals surface area contributed by atoms with E-state index in [4.69, 9.17) is 9.26 Å². The maximum Gasteiger partial charge on any atom is 0.133 e. The molecule has 90 valence electrons. The topological polar surface area (TPSA) is 47.3 Å². The lowest BCUT2D eigenvalue weighted by atomic mass is 10.2. The molecule has 0 bridgehead atoms. The van der Waals surface area contributed by atoms with Crippen LogP contribution in [0.4, 0.5) is 0 Å². The minimum atomic E-state index is 0.712. The smallest absolute Gasteiger partial charge is 0.133 e. The van der Waals surface area contributed by atoms with Gasteiger partial charge in [0.05, 0.1) is 12.8 Å². The van der Waals surface area contributed by atoms with Gasteiger partial charge in [-0.2, -0.15) is 0 Å². The summed E-state index contributed by atoms with van der Waals surface area (Å²) in [6.45, 7) is 3.40. The number of hydrogen-bond donors (Lipinski definition) is 1. The van der Waals surface area contributed by atoms with Crippen LogP contribution in [-0.2, 0) is 13.1 Å². The second-order valence-corrected chi connectivity index (χ2v) is 3.88. The number of nitrogens with zero attached hydrogens (tertiary/aromatic N) is 1. The lowest BCUT2D eigenvalue weighted by molar-refractivity contribution is 0.388. The number of nitrogens with one attached hydrogen (secondary N) is 1. The fourth-order valence-electron chi connectivity index (χ4n) is 1.58. The average Bonchev–Trinajstić information content (AvgIpc) is 2.76. The van der Waals surface area contributed by atoms with Crippen LogP contribution in [0.3, 0.4) is 0 Å². The molecule has 0 radical (unpaired) electrons. The van der Waals surface area contributed by atoms with Crippen LogP contribution in [0.2, 0.25) is 0 Å². The highest BCUT2D eigenvalue weighted by atomic mass is 16.5. The number of aromatic nitrogens is 1. The molecule has 0 saturated heterocycles. The summed E-state index contributed by atoms with van der Waals surface area (Å²) in [5, 5.41) is 7.22. The lowest BCUT2D eigenvalue weighted by Crippen LogP contribution is -2.12. The van der Waals surface area contributed by atoms with E-state index in [0.717, 1.165) is 23.7 Å². The molecule has 0 saturated carbocycles. The van der Waals surface area contributed by atoms with Gasteiger partial charge in [-0.05, 0) is 24.6 Å². The molecule has 1 aromatic carbocycles. The van der Waals surface area contributed by atoms with Gasteiger partial charge in [-0.15, -0.1) is 0 Å². The molecule has 2 rings (SSSR count). The van der Waals surface area contributed by atoms with Crippen molar-refractivity contribution < 1.29 is 9.26 Å². The van der Waals surface area contributed by atoms with Crippen LogP contribution < -0.4 is 10.1 Å². The van der Waals surface area contributed by atoms with E-state index in [1.54, 1.807) is 7.11 Å². The highest BCUT2D eigenvalue weighted by Gasteiger charge is 1.99. The van der Waals surface area contributed by atoms with Crippen molar-refractivity contribution in [1.82, 2.24) is 10.5 Å². The summed E-state index contributed by atoms with van der Waals surface area (Å²) >= 11 is 0. The third-order valence-electron chi connectivity index (χ3n) is 2.47. The molecule has 0 aliphatic heterocycles. The highest BCUT2D eigenvalue weighted by molar-refractivity contribution is 5.27. The Hall–Kier alpha value is -1.81. The molecule has 1 N–H and O–H groups in total. The summed E-state index contributed by atoms with van der Waals surface area (Å²) in [7, 11) is 1.67. The normalized spacial score (nSPS) is 10.5. The summed E-state index contributed by atoms with van der Waals surface area (Å²) < 4.78 is 10.1. The first-order valence-electron chi connectivity index (χ1n) is 5.54. The number of aryl methyl sites for hydroxylation is 1. The molecule has 1 heterocycles. The molecule has 0 fully saturated rings. The van der Waals surface area contributed by atoms with Crippen molar-refractivity contribution in [2.45, 2.75) is 20.0 Å². The van der Waals surface area contributed by atoms with E-state index < -0.39 is 0 Å². The van der Waals surface area contributed by atoms with Crippen molar-refractivity contribution in [3.8, 4) is 5.75 Å². The first-order valence-corrected chi connectivity index (χ1v) is 5.54. The molecule has 4 nitrogen and oxygen atoms in total. The Morgan fingerprint density at radius 2 is 2.00 bits per heavy atom. The maximum atomic E-state index is 5.10. The van der Waals surface area contributed by atoms with Gasteiger partial charge in [0.25, 0.3) is 0 Å². The third-order valence-corrected chi connectivity index (χ3v) is 2.47. The van der Waals surface area contributed by atoms with Crippen molar-refractivity contribution in [2.75, 3.05) is 7.11 Å². The zero-order valence-electron chi connectivity index (χ0n) is 10.1. The largest absolute Gasteiger partial charge is 0.497 e. The van der Waals surface area contributed by atoms with Crippen molar-refractivity contribution in [2.24, 2.45) is 0 Å². The number of ether oxygens (including phenoxy) is 1. The molecule has 0 aliphatic carbocycles. The molecule has 4 heteroatoms. The average molecular weight is 232 g/mol. The van der Waals surface area contributed by atoms with Crippen molar-refractivity contribution in [3.05, 3.63) is 47.3 Å². The highest BCUT2D eigenvalue weighted by Crippen LogP contribution is 2.11. The van der Waals surface area contributed by atoms with Gasteiger partial charge in [0.1, 0.15) is 11.5 Å². The first-order chi connectivity index (χ1) is 8.28. The Labute approximate surface area is 101 Å². The van der Waals surface area contributed by atoms with Crippen LogP contribution in [0.15, 0.2) is 34.9 Å². The number of hydrogen-bond acceptors (Lipinski definition) is 4. The van der Waals surface area contributed by atoms with Crippen molar-refractivity contribution >= 4 is 0 Å². The summed E-state index contributed by atoms with van der Waals surface area (Å²) in [5.41, 5.74) is 2.14. The fraction of sp³-hybridized carbons (Fsp3) is 0.308. The van der Waals surface area contributed by atoms with E-state index in [-0.39, 0.29) is 0 Å². The van der Waals surface area contributed by atoms with Crippen LogP contribution in [0.25, 0.3) is 0 Å². The summed E-state index contributed by atoms with van der Waals surface area (Å²) in [6, 6.07) is 9.93. The second-order valence-electron chi connectivity index (χ2n) is 3.88. The van der Waals surface area contributed by atoms with Gasteiger partial charge >= 0.3 is 0 Å². The van der Waals surface area contributed by atoms with Gasteiger partial charge in [-0.25, -0.2) is 0 Å². The lowest BCUT2D eigenvalue weighted by Gasteiger charge is -2.04. The number of methoxy groups -OCH3 is 1. The molecule has 0 unspecified atom stereocenters. The van der Waals surface area contributed by atoms with E-state index in [1.165, 1.54) is 5.56 Å². The van der Waals surface area contributed by atoms with Crippen LogP contribution in [-0.4, -0.2) is 12.3 Å². The Balaban J connectivity index is 1.81. The zero-order chi connectivity index (χ0) is 12.1. The first kappa shape index (κ1) is 11.7. The van der Waals surface area contributed by atoms with Gasteiger partial charge < -0.3 is 14.6 Å². The molecule has 1 aromatic heterocycles. The molecule has 0 spiro atoms. The maximum absolute atomic E-state index is 5.10. The van der Waals surface area contributed by atoms with Crippen LogP contribution in [0, 0.1) is 6.92 Å². The quantitative estimate of drug-likeness (QED) is 0.859. The number of rotatable bonds is 5. The van der Waals surface area contributed by atoms with E-state index in [0.29, 0.717) is 6.54 Å². The van der Waals surface area contributed by atoms with Crippen LogP contribution in [0.1, 0.15) is 17.0 Å². The van der Waals surface area contributed by atoms with Gasteiger partial charge in [0.15, 0.2) is 0 Å². The second kappa shape index (κ2) is 5.50. The molecule has 0 amide bonds. The summed E-state index contributed by atoms with van der Waals surface area (Å²) in [4.78, 5) is 0. The molecule has 17 heavy (non-hydrogen) atoms. The molecule has 2 aromatic rings. The molecular formula is C13H16N2O2. The van der Waals surface area contributed by atoms with Crippen molar-refractivity contribution in [1.29, 1.82) is 0 Å². The van der Waals surface area contributed by atoms with Gasteiger partial charge in [0, 0.05) is 19.2 Å². The SMILES string of the molecule is COc1ccc(CNCc2cc(C)on2)cc1. The van der Waals surface area contributed by atoms with Gasteiger partial charge in [-0.3, -0.25) is 0 Å². The summed E-state index contributed by atoms with van der Waals surface area (Å²) in [5.74, 6) is 1.71. The number of benzene rings is 1. The minimum absolute atomic E-state index is 0.712. The van der Waals surface area contributed by atoms with E-state index in [1.807, 2.05) is 37.3 Å². The van der Waals surface area contributed by atoms with E-state index in [9.17, 15) is 0 Å². The van der Waals surface area contributed by atoms with Gasteiger partial charge in [0.2, 0.25) is 0 Å².